The van der Waals surface area contributed by atoms with Crippen LogP contribution in [-0.4, -0.2) is 21.5 Å². The van der Waals surface area contributed by atoms with Crippen LogP contribution in [0.3, 0.4) is 0 Å². The number of phosphoric ester groups is 1. The first-order valence-corrected chi connectivity index (χ1v) is 11.7. The standard InChI is InChI=1S/C20H39O5P/c1-2-3-4-5-6-7-8-9-10-11-12-13-14-15-16-17-20(21)18-19-25-26(22,23)24/h9-10,18,21H,2-8,11-17,19H2,1H3,(H2,22,23,24)/b10-9-,20-18?. The van der Waals surface area contributed by atoms with Gasteiger partial charge in [-0.05, 0) is 38.2 Å². The molecule has 0 saturated heterocycles. The number of hydrogen-bond acceptors (Lipinski definition) is 3. The van der Waals surface area contributed by atoms with Crippen molar-refractivity contribution in [3.8, 4) is 0 Å². The monoisotopic (exact) mass is 390 g/mol. The van der Waals surface area contributed by atoms with Gasteiger partial charge >= 0.3 is 7.82 Å². The highest BCUT2D eigenvalue weighted by Crippen LogP contribution is 2.35. The van der Waals surface area contributed by atoms with Crippen molar-refractivity contribution >= 4 is 7.82 Å². The van der Waals surface area contributed by atoms with Gasteiger partial charge in [0, 0.05) is 6.42 Å². The molecule has 0 aliphatic heterocycles. The number of aliphatic hydroxyl groups is 1. The average Bonchev–Trinajstić information content (AvgIpc) is 2.57. The van der Waals surface area contributed by atoms with Gasteiger partial charge in [-0.1, -0.05) is 70.4 Å². The fourth-order valence-corrected chi connectivity index (χ4v) is 2.98. The lowest BCUT2D eigenvalue weighted by Gasteiger charge is -2.03. The molecule has 3 N–H and O–H groups in total. The van der Waals surface area contributed by atoms with Gasteiger partial charge in [0.2, 0.25) is 0 Å². The van der Waals surface area contributed by atoms with Gasteiger partial charge in [-0.2, -0.15) is 0 Å². The molecule has 0 saturated carbocycles. The van der Waals surface area contributed by atoms with Gasteiger partial charge in [0.05, 0.1) is 12.4 Å². The molecular formula is C20H39O5P. The molecule has 154 valence electrons. The maximum Gasteiger partial charge on any atom is 0.469 e. The molecule has 0 amide bonds. The van der Waals surface area contributed by atoms with Crippen LogP contribution in [0.5, 0.6) is 0 Å². The third-order valence-electron chi connectivity index (χ3n) is 4.26. The topological polar surface area (TPSA) is 87.0 Å². The van der Waals surface area contributed by atoms with Crippen LogP contribution in [0, 0.1) is 0 Å². The summed E-state index contributed by atoms with van der Waals surface area (Å²) in [6.45, 7) is 1.99. The van der Waals surface area contributed by atoms with Crippen LogP contribution in [0.25, 0.3) is 0 Å². The molecular weight excluding hydrogens is 351 g/mol. The molecule has 0 bridgehead atoms. The average molecular weight is 391 g/mol. The highest BCUT2D eigenvalue weighted by atomic mass is 31.2. The van der Waals surface area contributed by atoms with Crippen LogP contribution in [0.1, 0.15) is 96.8 Å². The Morgan fingerprint density at radius 3 is 1.88 bits per heavy atom. The lowest BCUT2D eigenvalue weighted by Crippen LogP contribution is -1.91. The van der Waals surface area contributed by atoms with Crippen LogP contribution in [0.4, 0.5) is 0 Å². The van der Waals surface area contributed by atoms with Gasteiger partial charge in [0.1, 0.15) is 0 Å². The highest BCUT2D eigenvalue weighted by Gasteiger charge is 2.11. The SMILES string of the molecule is CCCCCCCC/C=C\CCCCCCCC(O)=CCOP(=O)(O)O. The van der Waals surface area contributed by atoms with Crippen molar-refractivity contribution in [3.05, 3.63) is 24.0 Å². The van der Waals surface area contributed by atoms with E-state index in [2.05, 4.69) is 23.6 Å². The minimum Gasteiger partial charge on any atom is -0.513 e. The van der Waals surface area contributed by atoms with Crippen molar-refractivity contribution in [1.82, 2.24) is 0 Å². The number of aliphatic hydroxyl groups excluding tert-OH is 1. The maximum absolute atomic E-state index is 10.5. The van der Waals surface area contributed by atoms with E-state index in [1.807, 2.05) is 0 Å². The van der Waals surface area contributed by atoms with Crippen molar-refractivity contribution in [1.29, 1.82) is 0 Å². The number of phosphoric acid groups is 1. The normalized spacial score (nSPS) is 13.0. The predicted molar refractivity (Wildman–Crippen MR) is 108 cm³/mol. The van der Waals surface area contributed by atoms with Crippen LogP contribution in [0.15, 0.2) is 24.0 Å². The third kappa shape index (κ3) is 21.4. The Labute approximate surface area is 159 Å². The summed E-state index contributed by atoms with van der Waals surface area (Å²) in [7, 11) is -4.45. The second-order valence-corrected chi connectivity index (χ2v) is 8.06. The summed E-state index contributed by atoms with van der Waals surface area (Å²) in [5.74, 6) is 0.135. The second kappa shape index (κ2) is 17.8. The number of hydrogen-bond donors (Lipinski definition) is 3. The van der Waals surface area contributed by atoms with Crippen LogP contribution in [-0.2, 0) is 9.09 Å². The summed E-state index contributed by atoms with van der Waals surface area (Å²) in [6.07, 6.45) is 22.5. The molecule has 5 nitrogen and oxygen atoms in total. The van der Waals surface area contributed by atoms with Gasteiger partial charge in [-0.15, -0.1) is 0 Å². The Hall–Kier alpha value is -0.610. The second-order valence-electron chi connectivity index (χ2n) is 6.82. The van der Waals surface area contributed by atoms with Gasteiger partial charge in [0.25, 0.3) is 0 Å². The molecule has 0 atom stereocenters. The molecule has 0 rings (SSSR count). The predicted octanol–water partition coefficient (Wildman–Crippen LogP) is 6.58. The molecule has 26 heavy (non-hydrogen) atoms. The maximum atomic E-state index is 10.5. The molecule has 0 spiro atoms. The molecule has 0 aliphatic carbocycles. The summed E-state index contributed by atoms with van der Waals surface area (Å²) in [5.41, 5.74) is 0. The van der Waals surface area contributed by atoms with E-state index >= 15 is 0 Å². The molecule has 0 aromatic heterocycles. The molecule has 0 radical (unpaired) electrons. The van der Waals surface area contributed by atoms with E-state index in [1.54, 1.807) is 0 Å². The molecule has 0 heterocycles. The van der Waals surface area contributed by atoms with Gasteiger partial charge in [-0.25, -0.2) is 4.57 Å². The third-order valence-corrected chi connectivity index (χ3v) is 4.74. The molecule has 0 fully saturated rings. The quantitative estimate of drug-likeness (QED) is 0.107. The molecule has 0 unspecified atom stereocenters. The number of allylic oxidation sites excluding steroid dienone is 3. The molecule has 0 aliphatic rings. The van der Waals surface area contributed by atoms with Crippen molar-refractivity contribution in [3.63, 3.8) is 0 Å². The van der Waals surface area contributed by atoms with E-state index in [9.17, 15) is 9.67 Å². The number of unbranched alkanes of at least 4 members (excludes halogenated alkanes) is 11. The smallest absolute Gasteiger partial charge is 0.469 e. The van der Waals surface area contributed by atoms with Gasteiger partial charge in [0.15, 0.2) is 0 Å². The zero-order valence-corrected chi connectivity index (χ0v) is 17.3. The van der Waals surface area contributed by atoms with E-state index in [4.69, 9.17) is 9.79 Å². The Morgan fingerprint density at radius 2 is 1.35 bits per heavy atom. The van der Waals surface area contributed by atoms with Crippen LogP contribution >= 0.6 is 7.82 Å². The van der Waals surface area contributed by atoms with E-state index in [0.717, 1.165) is 25.7 Å². The zero-order chi connectivity index (χ0) is 19.5. The molecule has 0 aromatic carbocycles. The summed E-state index contributed by atoms with van der Waals surface area (Å²) < 4.78 is 14.7. The largest absolute Gasteiger partial charge is 0.513 e. The summed E-state index contributed by atoms with van der Waals surface area (Å²) >= 11 is 0. The van der Waals surface area contributed by atoms with E-state index in [-0.39, 0.29) is 12.4 Å². The van der Waals surface area contributed by atoms with E-state index < -0.39 is 7.82 Å². The minimum atomic E-state index is -4.45. The van der Waals surface area contributed by atoms with Crippen LogP contribution in [0.2, 0.25) is 0 Å². The lowest BCUT2D eigenvalue weighted by atomic mass is 10.1. The Balaban J connectivity index is 3.34. The first-order chi connectivity index (χ1) is 12.5. The van der Waals surface area contributed by atoms with Crippen molar-refractivity contribution in [2.75, 3.05) is 6.61 Å². The van der Waals surface area contributed by atoms with Crippen LogP contribution < -0.4 is 0 Å². The Morgan fingerprint density at radius 1 is 0.846 bits per heavy atom. The fraction of sp³-hybridized carbons (Fsp3) is 0.800. The minimum absolute atomic E-state index is 0.135. The lowest BCUT2D eigenvalue weighted by molar-refractivity contribution is 0.213. The van der Waals surface area contributed by atoms with Crippen molar-refractivity contribution in [2.24, 2.45) is 0 Å². The molecule has 6 heteroatoms. The van der Waals surface area contributed by atoms with Gasteiger partial charge < -0.3 is 14.9 Å². The Bertz CT molecular complexity index is 414. The molecule has 0 aromatic rings. The zero-order valence-electron chi connectivity index (χ0n) is 16.4. The van der Waals surface area contributed by atoms with Crippen molar-refractivity contribution in [2.45, 2.75) is 96.8 Å². The number of rotatable bonds is 18. The summed E-state index contributed by atoms with van der Waals surface area (Å²) in [6, 6.07) is 0. The van der Waals surface area contributed by atoms with Gasteiger partial charge in [-0.3, -0.25) is 4.52 Å². The summed E-state index contributed by atoms with van der Waals surface area (Å²) in [4.78, 5) is 17.0. The highest BCUT2D eigenvalue weighted by molar-refractivity contribution is 7.46. The summed E-state index contributed by atoms with van der Waals surface area (Å²) in [5, 5.41) is 9.57. The first kappa shape index (κ1) is 25.4. The van der Waals surface area contributed by atoms with E-state index in [0.29, 0.717) is 6.42 Å². The van der Waals surface area contributed by atoms with E-state index in [1.165, 1.54) is 63.9 Å². The first-order valence-electron chi connectivity index (χ1n) is 10.2. The Kier molecular flexibility index (Phi) is 17.4. The van der Waals surface area contributed by atoms with Crippen molar-refractivity contribution < 1.29 is 24.0 Å². The fourth-order valence-electron chi connectivity index (χ4n) is 2.71.